The number of hydrogen-bond acceptors (Lipinski definition) is 4. The second-order valence-corrected chi connectivity index (χ2v) is 4.76. The van der Waals surface area contributed by atoms with Gasteiger partial charge in [-0.2, -0.15) is 0 Å². The number of anilines is 1. The SMILES string of the molecule is CCOc1ccc(Oc2ncc(N)c(C)c2Br)cc1. The van der Waals surface area contributed by atoms with Crippen molar-refractivity contribution >= 4 is 21.6 Å². The first kappa shape index (κ1) is 13.7. The molecule has 0 unspecified atom stereocenters. The van der Waals surface area contributed by atoms with E-state index in [-0.39, 0.29) is 0 Å². The van der Waals surface area contributed by atoms with Gasteiger partial charge in [0.1, 0.15) is 11.5 Å². The summed E-state index contributed by atoms with van der Waals surface area (Å²) in [6.45, 7) is 4.50. The van der Waals surface area contributed by atoms with Gasteiger partial charge in [0.2, 0.25) is 5.88 Å². The lowest BCUT2D eigenvalue weighted by Crippen LogP contribution is -1.96. The number of pyridine rings is 1. The van der Waals surface area contributed by atoms with Gasteiger partial charge >= 0.3 is 0 Å². The maximum Gasteiger partial charge on any atom is 0.233 e. The molecule has 1 aromatic heterocycles. The highest BCUT2D eigenvalue weighted by Gasteiger charge is 2.09. The molecule has 0 atom stereocenters. The van der Waals surface area contributed by atoms with Crippen LogP contribution in [0.5, 0.6) is 17.4 Å². The van der Waals surface area contributed by atoms with Gasteiger partial charge in [0, 0.05) is 0 Å². The number of ether oxygens (including phenoxy) is 2. The van der Waals surface area contributed by atoms with Crippen molar-refractivity contribution in [3.8, 4) is 17.4 Å². The molecule has 1 heterocycles. The highest BCUT2D eigenvalue weighted by atomic mass is 79.9. The van der Waals surface area contributed by atoms with Crippen LogP contribution in [-0.2, 0) is 0 Å². The predicted octanol–water partition coefficient (Wildman–Crippen LogP) is 3.93. The normalized spacial score (nSPS) is 10.3. The summed E-state index contributed by atoms with van der Waals surface area (Å²) in [6, 6.07) is 7.39. The van der Waals surface area contributed by atoms with Crippen molar-refractivity contribution in [2.45, 2.75) is 13.8 Å². The van der Waals surface area contributed by atoms with Gasteiger partial charge in [-0.05, 0) is 59.6 Å². The largest absolute Gasteiger partial charge is 0.494 e. The third kappa shape index (κ3) is 3.17. The van der Waals surface area contributed by atoms with Crippen LogP contribution in [0, 0.1) is 6.92 Å². The molecular weight excluding hydrogens is 308 g/mol. The first-order valence-electron chi connectivity index (χ1n) is 5.93. The standard InChI is InChI=1S/C14H15BrN2O2/c1-3-18-10-4-6-11(7-5-10)19-14-13(15)9(2)12(16)8-17-14/h4-8H,3,16H2,1-2H3. The first-order valence-corrected chi connectivity index (χ1v) is 6.72. The average Bonchev–Trinajstić information content (AvgIpc) is 2.42. The summed E-state index contributed by atoms with van der Waals surface area (Å²) < 4.78 is 11.8. The Labute approximate surface area is 120 Å². The van der Waals surface area contributed by atoms with Crippen molar-refractivity contribution in [1.82, 2.24) is 4.98 Å². The van der Waals surface area contributed by atoms with Crippen LogP contribution in [0.3, 0.4) is 0 Å². The van der Waals surface area contributed by atoms with Gasteiger partial charge in [0.25, 0.3) is 0 Å². The minimum absolute atomic E-state index is 0.496. The molecule has 100 valence electrons. The highest BCUT2D eigenvalue weighted by molar-refractivity contribution is 9.10. The topological polar surface area (TPSA) is 57.4 Å². The van der Waals surface area contributed by atoms with Gasteiger partial charge < -0.3 is 15.2 Å². The van der Waals surface area contributed by atoms with E-state index < -0.39 is 0 Å². The van der Waals surface area contributed by atoms with Gasteiger partial charge in [-0.25, -0.2) is 4.98 Å². The molecule has 0 fully saturated rings. The Kier molecular flexibility index (Phi) is 4.27. The summed E-state index contributed by atoms with van der Waals surface area (Å²) in [4.78, 5) is 4.17. The van der Waals surface area contributed by atoms with Gasteiger partial charge in [-0.3, -0.25) is 0 Å². The molecule has 5 heteroatoms. The second kappa shape index (κ2) is 5.93. The Balaban J connectivity index is 2.19. The zero-order valence-electron chi connectivity index (χ0n) is 10.8. The smallest absolute Gasteiger partial charge is 0.233 e. The Bertz CT molecular complexity index is 570. The molecule has 0 radical (unpaired) electrons. The van der Waals surface area contributed by atoms with Crippen LogP contribution in [0.15, 0.2) is 34.9 Å². The van der Waals surface area contributed by atoms with Gasteiger partial charge in [-0.1, -0.05) is 0 Å². The number of aromatic nitrogens is 1. The zero-order chi connectivity index (χ0) is 13.8. The molecule has 2 N–H and O–H groups in total. The summed E-state index contributed by atoms with van der Waals surface area (Å²) in [5.41, 5.74) is 7.31. The number of rotatable bonds is 4. The average molecular weight is 323 g/mol. The van der Waals surface area contributed by atoms with Crippen molar-refractivity contribution in [2.75, 3.05) is 12.3 Å². The monoisotopic (exact) mass is 322 g/mol. The van der Waals surface area contributed by atoms with Crippen molar-refractivity contribution < 1.29 is 9.47 Å². The Morgan fingerprint density at radius 1 is 1.21 bits per heavy atom. The van der Waals surface area contributed by atoms with Crippen LogP contribution in [0.25, 0.3) is 0 Å². The third-order valence-electron chi connectivity index (χ3n) is 2.62. The predicted molar refractivity (Wildman–Crippen MR) is 78.8 cm³/mol. The third-order valence-corrected chi connectivity index (χ3v) is 3.55. The maximum absolute atomic E-state index is 5.77. The van der Waals surface area contributed by atoms with Crippen molar-refractivity contribution in [3.05, 3.63) is 40.5 Å². The van der Waals surface area contributed by atoms with Crippen molar-refractivity contribution in [3.63, 3.8) is 0 Å². The molecular formula is C14H15BrN2O2. The lowest BCUT2D eigenvalue weighted by atomic mass is 10.2. The first-order chi connectivity index (χ1) is 9.11. The fraction of sp³-hybridized carbons (Fsp3) is 0.214. The fourth-order valence-corrected chi connectivity index (χ4v) is 1.93. The van der Waals surface area contributed by atoms with Crippen LogP contribution in [0.1, 0.15) is 12.5 Å². The molecule has 0 saturated carbocycles. The highest BCUT2D eigenvalue weighted by Crippen LogP contribution is 2.33. The molecule has 19 heavy (non-hydrogen) atoms. The molecule has 4 nitrogen and oxygen atoms in total. The van der Waals surface area contributed by atoms with E-state index in [2.05, 4.69) is 20.9 Å². The molecule has 2 rings (SSSR count). The molecule has 0 aliphatic rings. The van der Waals surface area contributed by atoms with Gasteiger partial charge in [0.05, 0.1) is 23.0 Å². The second-order valence-electron chi connectivity index (χ2n) is 3.96. The summed E-state index contributed by atoms with van der Waals surface area (Å²) in [5.74, 6) is 2.01. The van der Waals surface area contributed by atoms with Crippen LogP contribution in [-0.4, -0.2) is 11.6 Å². The van der Waals surface area contributed by atoms with E-state index in [1.54, 1.807) is 6.20 Å². The quantitative estimate of drug-likeness (QED) is 0.926. The van der Waals surface area contributed by atoms with Crippen LogP contribution >= 0.6 is 15.9 Å². The van der Waals surface area contributed by atoms with E-state index >= 15 is 0 Å². The molecule has 0 amide bonds. The van der Waals surface area contributed by atoms with Crippen LogP contribution in [0.4, 0.5) is 5.69 Å². The summed E-state index contributed by atoms with van der Waals surface area (Å²) in [6.07, 6.45) is 1.59. The van der Waals surface area contributed by atoms with Crippen molar-refractivity contribution in [1.29, 1.82) is 0 Å². The summed E-state index contributed by atoms with van der Waals surface area (Å²) in [7, 11) is 0. The van der Waals surface area contributed by atoms with E-state index in [1.165, 1.54) is 0 Å². The minimum atomic E-state index is 0.496. The summed E-state index contributed by atoms with van der Waals surface area (Å²) in [5, 5.41) is 0. The zero-order valence-corrected chi connectivity index (χ0v) is 12.4. The number of hydrogen-bond donors (Lipinski definition) is 1. The Hall–Kier alpha value is -1.75. The molecule has 0 saturated heterocycles. The fourth-order valence-electron chi connectivity index (χ4n) is 1.52. The number of nitrogens with two attached hydrogens (primary N) is 1. The van der Waals surface area contributed by atoms with E-state index in [4.69, 9.17) is 15.2 Å². The number of nitrogens with zero attached hydrogens (tertiary/aromatic N) is 1. The van der Waals surface area contributed by atoms with Gasteiger partial charge in [-0.15, -0.1) is 0 Å². The molecule has 0 aliphatic carbocycles. The minimum Gasteiger partial charge on any atom is -0.494 e. The van der Waals surface area contributed by atoms with E-state index in [0.29, 0.717) is 23.9 Å². The van der Waals surface area contributed by atoms with Crippen molar-refractivity contribution in [2.24, 2.45) is 0 Å². The molecule has 1 aromatic carbocycles. The van der Waals surface area contributed by atoms with E-state index in [0.717, 1.165) is 15.8 Å². The maximum atomic E-state index is 5.77. The van der Waals surface area contributed by atoms with Crippen LogP contribution < -0.4 is 15.2 Å². The molecule has 0 bridgehead atoms. The van der Waals surface area contributed by atoms with E-state index in [1.807, 2.05) is 38.1 Å². The molecule has 0 aliphatic heterocycles. The lowest BCUT2D eigenvalue weighted by Gasteiger charge is -2.10. The Morgan fingerprint density at radius 2 is 1.84 bits per heavy atom. The number of halogens is 1. The van der Waals surface area contributed by atoms with E-state index in [9.17, 15) is 0 Å². The molecule has 2 aromatic rings. The Morgan fingerprint density at radius 3 is 2.47 bits per heavy atom. The number of nitrogen functional groups attached to an aromatic ring is 1. The van der Waals surface area contributed by atoms with Crippen LogP contribution in [0.2, 0.25) is 0 Å². The lowest BCUT2D eigenvalue weighted by molar-refractivity contribution is 0.339. The molecule has 0 spiro atoms. The number of benzene rings is 1. The van der Waals surface area contributed by atoms with Gasteiger partial charge in [0.15, 0.2) is 0 Å². The summed E-state index contributed by atoms with van der Waals surface area (Å²) >= 11 is 3.44.